The Balaban J connectivity index is 1.49. The lowest BCUT2D eigenvalue weighted by atomic mass is 10.1. The molecule has 0 aliphatic carbocycles. The number of hydrogen-bond donors (Lipinski definition) is 1. The molecule has 0 spiro atoms. The maximum Gasteiger partial charge on any atom is 0.124 e. The van der Waals surface area contributed by atoms with E-state index < -0.39 is 0 Å². The van der Waals surface area contributed by atoms with Gasteiger partial charge in [0.15, 0.2) is 0 Å². The van der Waals surface area contributed by atoms with Gasteiger partial charge in [-0.2, -0.15) is 0 Å². The van der Waals surface area contributed by atoms with Crippen molar-refractivity contribution in [3.05, 3.63) is 107 Å². The normalized spacial score (nSPS) is 10.7. The zero-order valence-electron chi connectivity index (χ0n) is 14.9. The molecule has 0 unspecified atom stereocenters. The van der Waals surface area contributed by atoms with Gasteiger partial charge in [0.05, 0.1) is 0 Å². The van der Waals surface area contributed by atoms with Crippen molar-refractivity contribution < 1.29 is 4.74 Å². The lowest BCUT2D eigenvalue weighted by Gasteiger charge is -2.14. The fraction of sp³-hybridized carbons (Fsp3) is 0.0833. The number of ether oxygens (including phenoxy) is 1. The average Bonchev–Trinajstić information content (AvgIpc) is 2.71. The Morgan fingerprint density at radius 1 is 0.778 bits per heavy atom. The molecule has 0 bridgehead atoms. The molecule has 0 heterocycles. The summed E-state index contributed by atoms with van der Waals surface area (Å²) in [6, 6.07) is 30.6. The van der Waals surface area contributed by atoms with Crippen LogP contribution in [-0.2, 0) is 13.2 Å². The molecule has 3 heteroatoms. The predicted molar refractivity (Wildman–Crippen MR) is 114 cm³/mol. The van der Waals surface area contributed by atoms with E-state index in [9.17, 15) is 0 Å². The van der Waals surface area contributed by atoms with Crippen LogP contribution in [0.3, 0.4) is 0 Å². The number of rotatable bonds is 6. The zero-order chi connectivity index (χ0) is 18.5. The molecule has 0 fully saturated rings. The van der Waals surface area contributed by atoms with Gasteiger partial charge < -0.3 is 10.1 Å². The maximum atomic E-state index is 6.06. The van der Waals surface area contributed by atoms with E-state index in [0.717, 1.165) is 27.6 Å². The molecule has 0 aliphatic rings. The Morgan fingerprint density at radius 2 is 1.56 bits per heavy atom. The SMILES string of the molecule is Clc1cccc(COc2ccccc2CNc2cccc3ccccc23)c1. The minimum atomic E-state index is 0.492. The fourth-order valence-corrected chi connectivity index (χ4v) is 3.36. The third-order valence-corrected chi connectivity index (χ3v) is 4.75. The van der Waals surface area contributed by atoms with Crippen LogP contribution in [0.15, 0.2) is 91.0 Å². The summed E-state index contributed by atoms with van der Waals surface area (Å²) >= 11 is 6.06. The predicted octanol–water partition coefficient (Wildman–Crippen LogP) is 6.68. The Kier molecular flexibility index (Phi) is 5.27. The third-order valence-electron chi connectivity index (χ3n) is 4.51. The van der Waals surface area contributed by atoms with Gasteiger partial charge in [-0.25, -0.2) is 0 Å². The summed E-state index contributed by atoms with van der Waals surface area (Å²) in [7, 11) is 0. The van der Waals surface area contributed by atoms with E-state index in [-0.39, 0.29) is 0 Å². The summed E-state index contributed by atoms with van der Waals surface area (Å²) in [5.74, 6) is 0.880. The van der Waals surface area contributed by atoms with Crippen LogP contribution < -0.4 is 10.1 Å². The Morgan fingerprint density at radius 3 is 2.48 bits per heavy atom. The van der Waals surface area contributed by atoms with Crippen molar-refractivity contribution in [3.8, 4) is 5.75 Å². The molecule has 27 heavy (non-hydrogen) atoms. The van der Waals surface area contributed by atoms with Crippen molar-refractivity contribution in [2.45, 2.75) is 13.2 Å². The van der Waals surface area contributed by atoms with E-state index in [1.807, 2.05) is 42.5 Å². The molecule has 0 atom stereocenters. The van der Waals surface area contributed by atoms with Gasteiger partial charge in [-0.05, 0) is 35.2 Å². The number of nitrogens with one attached hydrogen (secondary N) is 1. The van der Waals surface area contributed by atoms with Crippen molar-refractivity contribution in [1.82, 2.24) is 0 Å². The van der Waals surface area contributed by atoms with Gasteiger partial charge in [-0.15, -0.1) is 0 Å². The molecule has 0 amide bonds. The quantitative estimate of drug-likeness (QED) is 0.406. The second-order valence-corrected chi connectivity index (χ2v) is 6.84. The first-order chi connectivity index (χ1) is 13.3. The second kappa shape index (κ2) is 8.15. The number of hydrogen-bond acceptors (Lipinski definition) is 2. The molecular weight excluding hydrogens is 354 g/mol. The van der Waals surface area contributed by atoms with E-state index in [1.165, 1.54) is 10.8 Å². The summed E-state index contributed by atoms with van der Waals surface area (Å²) in [5.41, 5.74) is 3.30. The summed E-state index contributed by atoms with van der Waals surface area (Å²) < 4.78 is 6.06. The molecule has 0 saturated carbocycles. The van der Waals surface area contributed by atoms with Gasteiger partial charge in [0.1, 0.15) is 12.4 Å². The molecule has 134 valence electrons. The smallest absolute Gasteiger partial charge is 0.124 e. The zero-order valence-corrected chi connectivity index (χ0v) is 15.6. The molecule has 0 saturated heterocycles. The van der Waals surface area contributed by atoms with E-state index >= 15 is 0 Å². The number of benzene rings is 4. The third kappa shape index (κ3) is 4.24. The molecule has 0 aromatic heterocycles. The summed E-state index contributed by atoms with van der Waals surface area (Å²) in [5, 5.41) is 6.72. The largest absolute Gasteiger partial charge is 0.489 e. The monoisotopic (exact) mass is 373 g/mol. The summed E-state index contributed by atoms with van der Waals surface area (Å²) in [4.78, 5) is 0. The highest BCUT2D eigenvalue weighted by atomic mass is 35.5. The van der Waals surface area contributed by atoms with Crippen LogP contribution in [0.1, 0.15) is 11.1 Å². The van der Waals surface area contributed by atoms with Crippen molar-refractivity contribution >= 4 is 28.1 Å². The van der Waals surface area contributed by atoms with E-state index in [1.54, 1.807) is 0 Å². The van der Waals surface area contributed by atoms with Gasteiger partial charge in [0, 0.05) is 28.2 Å². The number of para-hydroxylation sites is 1. The first-order valence-electron chi connectivity index (χ1n) is 8.96. The minimum Gasteiger partial charge on any atom is -0.489 e. The molecule has 1 N–H and O–H groups in total. The minimum absolute atomic E-state index is 0.492. The van der Waals surface area contributed by atoms with Gasteiger partial charge >= 0.3 is 0 Å². The van der Waals surface area contributed by atoms with Crippen molar-refractivity contribution in [1.29, 1.82) is 0 Å². The first kappa shape index (κ1) is 17.4. The lowest BCUT2D eigenvalue weighted by molar-refractivity contribution is 0.303. The van der Waals surface area contributed by atoms with Crippen LogP contribution in [-0.4, -0.2) is 0 Å². The highest BCUT2D eigenvalue weighted by Gasteiger charge is 2.05. The highest BCUT2D eigenvalue weighted by molar-refractivity contribution is 6.30. The fourth-order valence-electron chi connectivity index (χ4n) is 3.15. The summed E-state index contributed by atoms with van der Waals surface area (Å²) in [6.07, 6.45) is 0. The molecule has 4 aromatic rings. The molecule has 4 rings (SSSR count). The highest BCUT2D eigenvalue weighted by Crippen LogP contribution is 2.26. The average molecular weight is 374 g/mol. The van der Waals surface area contributed by atoms with Crippen molar-refractivity contribution in [3.63, 3.8) is 0 Å². The second-order valence-electron chi connectivity index (χ2n) is 6.41. The number of fused-ring (bicyclic) bond motifs is 1. The van der Waals surface area contributed by atoms with Crippen molar-refractivity contribution in [2.75, 3.05) is 5.32 Å². The molecule has 0 aliphatic heterocycles. The van der Waals surface area contributed by atoms with Crippen LogP contribution >= 0.6 is 11.6 Å². The Labute approximate surface area is 164 Å². The molecular formula is C24H20ClNO. The van der Waals surface area contributed by atoms with Crippen molar-refractivity contribution in [2.24, 2.45) is 0 Å². The lowest BCUT2D eigenvalue weighted by Crippen LogP contribution is -2.04. The van der Waals surface area contributed by atoms with Gasteiger partial charge in [-0.3, -0.25) is 0 Å². The Hall–Kier alpha value is -2.97. The number of anilines is 1. The van der Waals surface area contributed by atoms with Crippen LogP contribution in [0.2, 0.25) is 5.02 Å². The molecule has 4 aromatic carbocycles. The standard InChI is InChI=1S/C24H20ClNO/c25-21-11-5-7-18(15-21)17-27-24-14-4-2-9-20(24)16-26-23-13-6-10-19-8-1-3-12-22(19)23/h1-15,26H,16-17H2. The van der Waals surface area contributed by atoms with Crippen LogP contribution in [0.5, 0.6) is 5.75 Å². The van der Waals surface area contributed by atoms with Gasteiger partial charge in [0.25, 0.3) is 0 Å². The van der Waals surface area contributed by atoms with Gasteiger partial charge in [-0.1, -0.05) is 78.3 Å². The van der Waals surface area contributed by atoms with Crippen LogP contribution in [0.25, 0.3) is 10.8 Å². The molecule has 0 radical (unpaired) electrons. The van der Waals surface area contributed by atoms with Gasteiger partial charge in [0.2, 0.25) is 0 Å². The summed E-state index contributed by atoms with van der Waals surface area (Å²) in [6.45, 7) is 1.19. The first-order valence-corrected chi connectivity index (χ1v) is 9.34. The maximum absolute atomic E-state index is 6.06. The number of halogens is 1. The van der Waals surface area contributed by atoms with E-state index in [0.29, 0.717) is 13.2 Å². The van der Waals surface area contributed by atoms with Crippen LogP contribution in [0.4, 0.5) is 5.69 Å². The van der Waals surface area contributed by atoms with E-state index in [4.69, 9.17) is 16.3 Å². The molecule has 2 nitrogen and oxygen atoms in total. The van der Waals surface area contributed by atoms with Crippen LogP contribution in [0, 0.1) is 0 Å². The van der Waals surface area contributed by atoms with E-state index in [2.05, 4.69) is 53.8 Å². The Bertz CT molecular complexity index is 1060. The topological polar surface area (TPSA) is 21.3 Å².